The highest BCUT2D eigenvalue weighted by molar-refractivity contribution is 5.76. The van der Waals surface area contributed by atoms with Crippen LogP contribution < -0.4 is 5.32 Å². The van der Waals surface area contributed by atoms with Crippen LogP contribution >= 0.6 is 0 Å². The molecule has 1 aliphatic carbocycles. The van der Waals surface area contributed by atoms with E-state index in [4.69, 9.17) is 4.74 Å². The van der Waals surface area contributed by atoms with Gasteiger partial charge in [0.15, 0.2) is 0 Å². The van der Waals surface area contributed by atoms with Gasteiger partial charge in [-0.1, -0.05) is 0 Å². The van der Waals surface area contributed by atoms with E-state index >= 15 is 0 Å². The number of rotatable bonds is 8. The molecule has 1 amide bonds. The van der Waals surface area contributed by atoms with Crippen LogP contribution in [0.4, 0.5) is 0 Å². The van der Waals surface area contributed by atoms with E-state index in [1.165, 1.54) is 12.8 Å². The van der Waals surface area contributed by atoms with Crippen LogP contribution in [-0.4, -0.2) is 75.2 Å². The van der Waals surface area contributed by atoms with E-state index in [9.17, 15) is 4.79 Å². The van der Waals surface area contributed by atoms with E-state index in [1.807, 2.05) is 4.90 Å². The SMILES string of the molecule is CN(CCOCC1CC1)CCC(=O)N1CCNCC1. The summed E-state index contributed by atoms with van der Waals surface area (Å²) < 4.78 is 5.61. The number of nitrogens with one attached hydrogen (secondary N) is 1. The lowest BCUT2D eigenvalue weighted by Gasteiger charge is -2.28. The number of carbonyl (C=O) groups is 1. The Bertz CT molecular complexity index is 276. The van der Waals surface area contributed by atoms with Gasteiger partial charge in [-0.3, -0.25) is 4.79 Å². The zero-order chi connectivity index (χ0) is 13.5. The molecule has 5 heteroatoms. The van der Waals surface area contributed by atoms with Gasteiger partial charge in [-0.25, -0.2) is 0 Å². The first-order chi connectivity index (χ1) is 9.25. The first kappa shape index (κ1) is 14.8. The zero-order valence-corrected chi connectivity index (χ0v) is 12.1. The van der Waals surface area contributed by atoms with Crippen molar-refractivity contribution in [3.63, 3.8) is 0 Å². The smallest absolute Gasteiger partial charge is 0.223 e. The molecule has 1 saturated heterocycles. The molecule has 0 unspecified atom stereocenters. The number of amides is 1. The number of nitrogens with zero attached hydrogens (tertiary/aromatic N) is 2. The normalized spacial score (nSPS) is 20.0. The van der Waals surface area contributed by atoms with Crippen LogP contribution in [0, 0.1) is 5.92 Å². The summed E-state index contributed by atoms with van der Waals surface area (Å²) >= 11 is 0. The van der Waals surface area contributed by atoms with E-state index in [0.717, 1.165) is 58.4 Å². The van der Waals surface area contributed by atoms with Gasteiger partial charge in [0.25, 0.3) is 0 Å². The lowest BCUT2D eigenvalue weighted by molar-refractivity contribution is -0.132. The Morgan fingerprint density at radius 2 is 2.05 bits per heavy atom. The number of likely N-dealkylation sites (N-methyl/N-ethyl adjacent to an activating group) is 1. The van der Waals surface area contributed by atoms with Crippen molar-refractivity contribution in [2.75, 3.05) is 59.5 Å². The molecule has 0 spiro atoms. The van der Waals surface area contributed by atoms with Crippen molar-refractivity contribution >= 4 is 5.91 Å². The number of hydrogen-bond acceptors (Lipinski definition) is 4. The average Bonchev–Trinajstić information content (AvgIpc) is 3.26. The summed E-state index contributed by atoms with van der Waals surface area (Å²) in [6.45, 7) is 7.02. The third-order valence-electron chi connectivity index (χ3n) is 3.84. The quantitative estimate of drug-likeness (QED) is 0.638. The molecule has 0 atom stereocenters. The van der Waals surface area contributed by atoms with E-state index < -0.39 is 0 Å². The Balaban J connectivity index is 1.49. The van der Waals surface area contributed by atoms with Gasteiger partial charge in [0, 0.05) is 52.3 Å². The second kappa shape index (κ2) is 7.82. The first-order valence-corrected chi connectivity index (χ1v) is 7.50. The number of piperazine rings is 1. The molecule has 110 valence electrons. The van der Waals surface area contributed by atoms with Gasteiger partial charge in [0.2, 0.25) is 5.91 Å². The molecule has 1 aliphatic heterocycles. The predicted molar refractivity (Wildman–Crippen MR) is 75.1 cm³/mol. The zero-order valence-electron chi connectivity index (χ0n) is 12.1. The van der Waals surface area contributed by atoms with Gasteiger partial charge < -0.3 is 19.9 Å². The lowest BCUT2D eigenvalue weighted by Crippen LogP contribution is -2.47. The predicted octanol–water partition coefficient (Wildman–Crippen LogP) is 0.167. The van der Waals surface area contributed by atoms with Crippen molar-refractivity contribution < 1.29 is 9.53 Å². The van der Waals surface area contributed by atoms with Crippen LogP contribution in [0.2, 0.25) is 0 Å². The monoisotopic (exact) mass is 269 g/mol. The summed E-state index contributed by atoms with van der Waals surface area (Å²) in [7, 11) is 2.06. The van der Waals surface area contributed by atoms with Crippen molar-refractivity contribution in [2.24, 2.45) is 5.92 Å². The van der Waals surface area contributed by atoms with Crippen LogP contribution in [0.15, 0.2) is 0 Å². The Morgan fingerprint density at radius 1 is 1.32 bits per heavy atom. The number of carbonyl (C=O) groups excluding carboxylic acids is 1. The standard InChI is InChI=1S/C14H27N3O2/c1-16(10-11-19-12-13-2-3-13)7-4-14(18)17-8-5-15-6-9-17/h13,15H,2-12H2,1H3. The molecule has 0 aromatic carbocycles. The number of ether oxygens (including phenoxy) is 1. The Morgan fingerprint density at radius 3 is 2.74 bits per heavy atom. The molecule has 0 aromatic rings. The third kappa shape index (κ3) is 5.89. The maximum atomic E-state index is 12.0. The van der Waals surface area contributed by atoms with Crippen LogP contribution in [0.3, 0.4) is 0 Å². The van der Waals surface area contributed by atoms with Gasteiger partial charge in [-0.2, -0.15) is 0 Å². The second-order valence-electron chi connectivity index (χ2n) is 5.70. The van der Waals surface area contributed by atoms with E-state index in [2.05, 4.69) is 17.3 Å². The minimum Gasteiger partial charge on any atom is -0.380 e. The molecular formula is C14H27N3O2. The summed E-state index contributed by atoms with van der Waals surface area (Å²) in [6, 6.07) is 0. The summed E-state index contributed by atoms with van der Waals surface area (Å²) in [6.07, 6.45) is 3.31. The van der Waals surface area contributed by atoms with E-state index in [0.29, 0.717) is 6.42 Å². The highest BCUT2D eigenvalue weighted by Crippen LogP contribution is 2.28. The van der Waals surface area contributed by atoms with Crippen molar-refractivity contribution in [2.45, 2.75) is 19.3 Å². The van der Waals surface area contributed by atoms with Crippen LogP contribution in [0.25, 0.3) is 0 Å². The Hall–Kier alpha value is -0.650. The first-order valence-electron chi connectivity index (χ1n) is 7.50. The van der Waals surface area contributed by atoms with E-state index in [1.54, 1.807) is 0 Å². The molecule has 2 rings (SSSR count). The van der Waals surface area contributed by atoms with Gasteiger partial charge in [0.05, 0.1) is 6.61 Å². The summed E-state index contributed by atoms with van der Waals surface area (Å²) in [5.41, 5.74) is 0. The fourth-order valence-corrected chi connectivity index (χ4v) is 2.23. The summed E-state index contributed by atoms with van der Waals surface area (Å²) in [5.74, 6) is 1.12. The molecule has 1 heterocycles. The van der Waals surface area contributed by atoms with Crippen molar-refractivity contribution in [1.29, 1.82) is 0 Å². The van der Waals surface area contributed by atoms with Crippen LogP contribution in [0.1, 0.15) is 19.3 Å². The molecule has 5 nitrogen and oxygen atoms in total. The average molecular weight is 269 g/mol. The molecule has 0 radical (unpaired) electrons. The fraction of sp³-hybridized carbons (Fsp3) is 0.929. The minimum absolute atomic E-state index is 0.284. The van der Waals surface area contributed by atoms with Crippen LogP contribution in [0.5, 0.6) is 0 Å². The van der Waals surface area contributed by atoms with Crippen molar-refractivity contribution in [3.8, 4) is 0 Å². The van der Waals surface area contributed by atoms with Crippen molar-refractivity contribution in [3.05, 3.63) is 0 Å². The highest BCUT2D eigenvalue weighted by Gasteiger charge is 2.21. The highest BCUT2D eigenvalue weighted by atomic mass is 16.5. The van der Waals surface area contributed by atoms with Gasteiger partial charge in [-0.05, 0) is 25.8 Å². The fourth-order valence-electron chi connectivity index (χ4n) is 2.23. The van der Waals surface area contributed by atoms with Crippen molar-refractivity contribution in [1.82, 2.24) is 15.1 Å². The molecule has 1 saturated carbocycles. The molecule has 1 N–H and O–H groups in total. The molecule has 2 fully saturated rings. The molecule has 19 heavy (non-hydrogen) atoms. The largest absolute Gasteiger partial charge is 0.380 e. The van der Waals surface area contributed by atoms with Gasteiger partial charge in [-0.15, -0.1) is 0 Å². The maximum absolute atomic E-state index is 12.0. The Labute approximate surface area is 116 Å². The minimum atomic E-state index is 0.284. The van der Waals surface area contributed by atoms with Crippen LogP contribution in [-0.2, 0) is 9.53 Å². The second-order valence-corrected chi connectivity index (χ2v) is 5.70. The van der Waals surface area contributed by atoms with E-state index in [-0.39, 0.29) is 5.91 Å². The molecule has 0 bridgehead atoms. The third-order valence-corrected chi connectivity index (χ3v) is 3.84. The number of hydrogen-bond donors (Lipinski definition) is 1. The molecule has 2 aliphatic rings. The van der Waals surface area contributed by atoms with Gasteiger partial charge >= 0.3 is 0 Å². The summed E-state index contributed by atoms with van der Waals surface area (Å²) in [5, 5.41) is 3.26. The molecular weight excluding hydrogens is 242 g/mol. The summed E-state index contributed by atoms with van der Waals surface area (Å²) in [4.78, 5) is 16.1. The van der Waals surface area contributed by atoms with Gasteiger partial charge in [0.1, 0.15) is 0 Å². The topological polar surface area (TPSA) is 44.8 Å². The molecule has 0 aromatic heterocycles. The Kier molecular flexibility index (Phi) is 6.07. The lowest BCUT2D eigenvalue weighted by atomic mass is 10.3. The maximum Gasteiger partial charge on any atom is 0.223 e.